The first kappa shape index (κ1) is 18.8. The third-order valence-corrected chi connectivity index (χ3v) is 6.96. The van der Waals surface area contributed by atoms with Crippen LogP contribution in [0.5, 0.6) is 0 Å². The number of carbonyl (C=O) groups is 3. The van der Waals surface area contributed by atoms with Crippen molar-refractivity contribution in [3.8, 4) is 0 Å². The first-order valence-corrected chi connectivity index (χ1v) is 10.7. The Labute approximate surface area is 170 Å². The number of amides is 2. The third kappa shape index (κ3) is 3.57. The van der Waals surface area contributed by atoms with Crippen LogP contribution in [0.3, 0.4) is 0 Å². The van der Waals surface area contributed by atoms with E-state index in [9.17, 15) is 19.5 Å². The van der Waals surface area contributed by atoms with Crippen LogP contribution in [0.15, 0.2) is 59.1 Å². The number of carbonyl (C=O) groups excluding carboxylic acids is 2. The van der Waals surface area contributed by atoms with E-state index in [2.05, 4.69) is 5.32 Å². The fourth-order valence-electron chi connectivity index (χ4n) is 3.46. The Kier molecular flexibility index (Phi) is 5.23. The van der Waals surface area contributed by atoms with Crippen LogP contribution < -0.4 is 5.32 Å². The largest absolute Gasteiger partial charge is 0.477 e. The number of hydrogen-bond acceptors (Lipinski definition) is 5. The third-order valence-electron chi connectivity index (χ3n) is 4.74. The van der Waals surface area contributed by atoms with Crippen molar-refractivity contribution in [2.45, 2.75) is 24.3 Å². The summed E-state index contributed by atoms with van der Waals surface area (Å²) in [6.45, 7) is 0. The number of nitrogens with zero attached hydrogens (tertiary/aromatic N) is 1. The van der Waals surface area contributed by atoms with Crippen LogP contribution in [-0.4, -0.2) is 45.0 Å². The molecule has 1 aromatic heterocycles. The minimum absolute atomic E-state index is 0.0568. The summed E-state index contributed by atoms with van der Waals surface area (Å²) in [5.41, 5.74) is 1.78. The molecule has 8 heteroatoms. The summed E-state index contributed by atoms with van der Waals surface area (Å²) in [5.74, 6) is -1.17. The Morgan fingerprint density at radius 3 is 2.64 bits per heavy atom. The molecule has 0 radical (unpaired) electrons. The van der Waals surface area contributed by atoms with Crippen molar-refractivity contribution in [3.63, 3.8) is 0 Å². The molecule has 1 aromatic carbocycles. The highest BCUT2D eigenvalue weighted by molar-refractivity contribution is 8.00. The summed E-state index contributed by atoms with van der Waals surface area (Å²) in [6, 6.07) is 12.7. The topological polar surface area (TPSA) is 86.7 Å². The van der Waals surface area contributed by atoms with Gasteiger partial charge < -0.3 is 10.4 Å². The molecule has 6 nitrogen and oxygen atoms in total. The van der Waals surface area contributed by atoms with Crippen molar-refractivity contribution in [2.24, 2.45) is 0 Å². The van der Waals surface area contributed by atoms with E-state index in [-0.39, 0.29) is 29.3 Å². The highest BCUT2D eigenvalue weighted by atomic mass is 32.2. The predicted octanol–water partition coefficient (Wildman–Crippen LogP) is 2.27. The van der Waals surface area contributed by atoms with Gasteiger partial charge in [0.05, 0.1) is 6.42 Å². The van der Waals surface area contributed by atoms with Gasteiger partial charge in [0.2, 0.25) is 5.91 Å². The van der Waals surface area contributed by atoms with E-state index in [0.717, 1.165) is 16.0 Å². The average molecular weight is 415 g/mol. The second-order valence-corrected chi connectivity index (χ2v) is 8.77. The molecule has 2 N–H and O–H groups in total. The number of carboxylic acid groups (broad SMARTS) is 1. The van der Waals surface area contributed by atoms with E-state index in [1.807, 2.05) is 47.8 Å². The predicted molar refractivity (Wildman–Crippen MR) is 108 cm³/mol. The van der Waals surface area contributed by atoms with Crippen molar-refractivity contribution in [3.05, 3.63) is 69.6 Å². The van der Waals surface area contributed by atoms with Gasteiger partial charge in [0.25, 0.3) is 5.91 Å². The number of fused-ring (bicyclic) bond motifs is 1. The molecule has 3 heterocycles. The molecule has 0 saturated carbocycles. The molecular formula is C20H18N2O4S2. The molecule has 2 amide bonds. The number of benzene rings is 1. The second kappa shape index (κ2) is 7.81. The van der Waals surface area contributed by atoms with Crippen LogP contribution in [-0.2, 0) is 27.2 Å². The maximum absolute atomic E-state index is 12.6. The van der Waals surface area contributed by atoms with E-state index >= 15 is 0 Å². The van der Waals surface area contributed by atoms with E-state index in [1.54, 1.807) is 0 Å². The lowest BCUT2D eigenvalue weighted by Crippen LogP contribution is -2.70. The van der Waals surface area contributed by atoms with Crippen LogP contribution in [0.2, 0.25) is 0 Å². The van der Waals surface area contributed by atoms with Crippen molar-refractivity contribution in [1.29, 1.82) is 0 Å². The van der Waals surface area contributed by atoms with Gasteiger partial charge in [-0.1, -0.05) is 36.4 Å². The van der Waals surface area contributed by atoms with Gasteiger partial charge in [-0.3, -0.25) is 14.5 Å². The number of thiophene rings is 1. The summed E-state index contributed by atoms with van der Waals surface area (Å²) in [5, 5.41) is 14.0. The Morgan fingerprint density at radius 2 is 1.96 bits per heavy atom. The van der Waals surface area contributed by atoms with Crippen LogP contribution in [0.4, 0.5) is 0 Å². The van der Waals surface area contributed by atoms with Crippen molar-refractivity contribution < 1.29 is 19.5 Å². The molecule has 1 fully saturated rings. The van der Waals surface area contributed by atoms with E-state index < -0.39 is 12.0 Å². The first-order chi connectivity index (χ1) is 13.5. The standard InChI is InChI=1S/C20H18N2O4S2/c23-15(10-14-7-4-8-27-14)21-16-18(24)22-17(20(25)26)13(11-28-19(16)22)9-12-5-2-1-3-6-12/h1-8,16,19H,9-11H2,(H,21,23)(H,25,26)/t16-,19-/m1/s1. The van der Waals surface area contributed by atoms with Gasteiger partial charge in [-0.05, 0) is 29.0 Å². The van der Waals surface area contributed by atoms with Gasteiger partial charge in [-0.25, -0.2) is 4.79 Å². The SMILES string of the molecule is O=C(Cc1cccs1)N[C@@H]1C(=O)N2C(C(=O)O)=C(Cc3ccccc3)CS[C@H]12. The van der Waals surface area contributed by atoms with Crippen molar-refractivity contribution >= 4 is 40.9 Å². The van der Waals surface area contributed by atoms with E-state index in [0.29, 0.717) is 12.2 Å². The van der Waals surface area contributed by atoms with Gasteiger partial charge >= 0.3 is 5.97 Å². The van der Waals surface area contributed by atoms with Gasteiger partial charge in [-0.15, -0.1) is 23.1 Å². The molecule has 2 aliphatic rings. The number of rotatable bonds is 6. The lowest BCUT2D eigenvalue weighted by molar-refractivity contribution is -0.150. The zero-order valence-electron chi connectivity index (χ0n) is 14.8. The van der Waals surface area contributed by atoms with Gasteiger partial charge in [0, 0.05) is 10.6 Å². The molecule has 2 aliphatic heterocycles. The summed E-state index contributed by atoms with van der Waals surface area (Å²) < 4.78 is 0. The first-order valence-electron chi connectivity index (χ1n) is 8.80. The number of hydrogen-bond donors (Lipinski definition) is 2. The molecule has 2 aromatic rings. The molecule has 0 spiro atoms. The zero-order chi connectivity index (χ0) is 19.7. The Balaban J connectivity index is 1.49. The molecule has 0 unspecified atom stereocenters. The minimum atomic E-state index is -1.10. The summed E-state index contributed by atoms with van der Waals surface area (Å²) in [4.78, 5) is 39.0. The summed E-state index contributed by atoms with van der Waals surface area (Å²) in [7, 11) is 0. The number of aliphatic carboxylic acids is 1. The molecule has 144 valence electrons. The van der Waals surface area contributed by atoms with Crippen LogP contribution in [0.25, 0.3) is 0 Å². The molecule has 28 heavy (non-hydrogen) atoms. The Morgan fingerprint density at radius 1 is 1.18 bits per heavy atom. The zero-order valence-corrected chi connectivity index (χ0v) is 16.5. The molecule has 4 rings (SSSR count). The lowest BCUT2D eigenvalue weighted by Gasteiger charge is -2.49. The molecule has 0 bridgehead atoms. The average Bonchev–Trinajstić information content (AvgIpc) is 3.19. The van der Waals surface area contributed by atoms with Crippen LogP contribution in [0, 0.1) is 0 Å². The van der Waals surface area contributed by atoms with Crippen molar-refractivity contribution in [1.82, 2.24) is 10.2 Å². The monoisotopic (exact) mass is 414 g/mol. The normalized spacial score (nSPS) is 21.1. The Bertz CT molecular complexity index is 940. The molecule has 1 saturated heterocycles. The fraction of sp³-hybridized carbons (Fsp3) is 0.250. The number of carboxylic acids is 1. The Hall–Kier alpha value is -2.58. The smallest absolute Gasteiger partial charge is 0.352 e. The minimum Gasteiger partial charge on any atom is -0.477 e. The van der Waals surface area contributed by atoms with Crippen LogP contribution >= 0.6 is 23.1 Å². The molecule has 0 aliphatic carbocycles. The number of β-lactam (4-membered cyclic amide) rings is 1. The molecule has 2 atom stereocenters. The molecular weight excluding hydrogens is 396 g/mol. The van der Waals surface area contributed by atoms with Gasteiger partial charge in [0.15, 0.2) is 0 Å². The summed E-state index contributed by atoms with van der Waals surface area (Å²) >= 11 is 2.98. The van der Waals surface area contributed by atoms with E-state index in [1.165, 1.54) is 28.0 Å². The maximum atomic E-state index is 12.6. The highest BCUT2D eigenvalue weighted by Crippen LogP contribution is 2.41. The van der Waals surface area contributed by atoms with E-state index in [4.69, 9.17) is 0 Å². The lowest BCUT2D eigenvalue weighted by atomic mass is 9.99. The number of nitrogens with one attached hydrogen (secondary N) is 1. The fourth-order valence-corrected chi connectivity index (χ4v) is 5.51. The summed E-state index contributed by atoms with van der Waals surface area (Å²) in [6.07, 6.45) is 0.709. The van der Waals surface area contributed by atoms with Gasteiger partial charge in [-0.2, -0.15) is 0 Å². The maximum Gasteiger partial charge on any atom is 0.352 e. The quantitative estimate of drug-likeness (QED) is 0.708. The second-order valence-electron chi connectivity index (χ2n) is 6.63. The van der Waals surface area contributed by atoms with Gasteiger partial charge in [0.1, 0.15) is 17.1 Å². The highest BCUT2D eigenvalue weighted by Gasteiger charge is 2.54. The van der Waals surface area contributed by atoms with Crippen molar-refractivity contribution in [2.75, 3.05) is 5.75 Å². The van der Waals surface area contributed by atoms with Crippen LogP contribution in [0.1, 0.15) is 10.4 Å². The number of thioether (sulfide) groups is 1.